The van der Waals surface area contributed by atoms with Crippen LogP contribution in [0.3, 0.4) is 0 Å². The number of carboxylic acids is 1. The second kappa shape index (κ2) is 7.00. The van der Waals surface area contributed by atoms with Crippen LogP contribution in [0, 0.1) is 0 Å². The van der Waals surface area contributed by atoms with Gasteiger partial charge in [-0.3, -0.25) is 0 Å². The summed E-state index contributed by atoms with van der Waals surface area (Å²) in [7, 11) is 0. The molecule has 0 aliphatic carbocycles. The zero-order valence-electron chi connectivity index (χ0n) is 13.7. The molecule has 0 radical (unpaired) electrons. The van der Waals surface area contributed by atoms with Crippen LogP contribution in [-0.2, 0) is 4.74 Å². The lowest BCUT2D eigenvalue weighted by atomic mass is 10.1. The molecule has 128 valence electrons. The summed E-state index contributed by atoms with van der Waals surface area (Å²) < 4.78 is 5.88. The van der Waals surface area contributed by atoms with Gasteiger partial charge in [0.25, 0.3) is 0 Å². The normalized spacial score (nSPS) is 18.0. The van der Waals surface area contributed by atoms with Gasteiger partial charge in [0.1, 0.15) is 5.82 Å². The van der Waals surface area contributed by atoms with E-state index < -0.39 is 5.97 Å². The van der Waals surface area contributed by atoms with Gasteiger partial charge in [-0.25, -0.2) is 9.78 Å². The number of benzene rings is 1. The molecule has 1 aliphatic rings. The molecule has 0 bridgehead atoms. The van der Waals surface area contributed by atoms with Crippen molar-refractivity contribution in [1.82, 2.24) is 9.97 Å². The number of nitrogens with zero attached hydrogens (tertiary/aromatic N) is 3. The molecular formula is C17H22N4O3. The minimum Gasteiger partial charge on any atom is -0.478 e. The molecule has 2 aromatic rings. The van der Waals surface area contributed by atoms with E-state index >= 15 is 0 Å². The van der Waals surface area contributed by atoms with E-state index in [0.717, 1.165) is 39.0 Å². The number of rotatable bonds is 5. The van der Waals surface area contributed by atoms with Crippen molar-refractivity contribution in [2.75, 3.05) is 30.3 Å². The summed E-state index contributed by atoms with van der Waals surface area (Å²) in [6.07, 6.45) is 3.17. The summed E-state index contributed by atoms with van der Waals surface area (Å²) in [5.74, 6) is -0.0925. The molecular weight excluding hydrogens is 308 g/mol. The van der Waals surface area contributed by atoms with Crippen LogP contribution in [0.25, 0.3) is 10.9 Å². The van der Waals surface area contributed by atoms with Crippen LogP contribution in [0.4, 0.5) is 11.8 Å². The van der Waals surface area contributed by atoms with Crippen LogP contribution in [-0.4, -0.2) is 46.8 Å². The van der Waals surface area contributed by atoms with Gasteiger partial charge in [0, 0.05) is 25.1 Å². The lowest BCUT2D eigenvalue weighted by Gasteiger charge is -2.34. The van der Waals surface area contributed by atoms with E-state index in [2.05, 4.69) is 21.8 Å². The molecule has 7 heteroatoms. The van der Waals surface area contributed by atoms with E-state index in [1.807, 2.05) is 0 Å². The largest absolute Gasteiger partial charge is 0.478 e. The third kappa shape index (κ3) is 3.41. The SMILES string of the molecule is CCCO[C@H]1CCCN(c2nc(N)nc3ccc(C(=O)O)cc23)C1. The van der Waals surface area contributed by atoms with Gasteiger partial charge in [-0.1, -0.05) is 6.92 Å². The Hall–Kier alpha value is -2.41. The number of nitrogen functional groups attached to an aromatic ring is 1. The predicted molar refractivity (Wildman–Crippen MR) is 92.4 cm³/mol. The van der Waals surface area contributed by atoms with Crippen molar-refractivity contribution < 1.29 is 14.6 Å². The highest BCUT2D eigenvalue weighted by Gasteiger charge is 2.23. The molecule has 0 amide bonds. The molecule has 1 aliphatic heterocycles. The topological polar surface area (TPSA) is 102 Å². The van der Waals surface area contributed by atoms with Crippen LogP contribution in [0.2, 0.25) is 0 Å². The fraction of sp³-hybridized carbons (Fsp3) is 0.471. The second-order valence-electron chi connectivity index (χ2n) is 6.02. The van der Waals surface area contributed by atoms with Crippen molar-refractivity contribution in [2.45, 2.75) is 32.3 Å². The molecule has 3 N–H and O–H groups in total. The van der Waals surface area contributed by atoms with Crippen molar-refractivity contribution >= 4 is 28.6 Å². The van der Waals surface area contributed by atoms with Crippen LogP contribution in [0.1, 0.15) is 36.5 Å². The first-order chi connectivity index (χ1) is 11.6. The average Bonchev–Trinajstić information content (AvgIpc) is 2.59. The zero-order valence-corrected chi connectivity index (χ0v) is 13.7. The van der Waals surface area contributed by atoms with Gasteiger partial charge in [0.05, 0.1) is 17.2 Å². The number of hydrogen-bond acceptors (Lipinski definition) is 6. The zero-order chi connectivity index (χ0) is 17.1. The van der Waals surface area contributed by atoms with Gasteiger partial charge in [-0.2, -0.15) is 4.98 Å². The Labute approximate surface area is 140 Å². The molecule has 1 aromatic carbocycles. The Morgan fingerprint density at radius 1 is 1.46 bits per heavy atom. The standard InChI is InChI=1S/C17H22N4O3/c1-2-8-24-12-4-3-7-21(10-12)15-13-9-11(16(22)23)5-6-14(13)19-17(18)20-15/h5-6,9,12H,2-4,7-8,10H2,1H3,(H,22,23)(H2,18,19,20)/t12-/m0/s1. The summed E-state index contributed by atoms with van der Waals surface area (Å²) in [6.45, 7) is 4.40. The van der Waals surface area contributed by atoms with Gasteiger partial charge in [-0.15, -0.1) is 0 Å². The molecule has 1 aromatic heterocycles. The Kier molecular flexibility index (Phi) is 4.80. The van der Waals surface area contributed by atoms with Gasteiger partial charge in [0.2, 0.25) is 5.95 Å². The van der Waals surface area contributed by atoms with Gasteiger partial charge in [-0.05, 0) is 37.5 Å². The van der Waals surface area contributed by atoms with Crippen molar-refractivity contribution in [3.05, 3.63) is 23.8 Å². The smallest absolute Gasteiger partial charge is 0.335 e. The first-order valence-electron chi connectivity index (χ1n) is 8.25. The molecule has 1 atom stereocenters. The van der Waals surface area contributed by atoms with Crippen LogP contribution in [0.5, 0.6) is 0 Å². The van der Waals surface area contributed by atoms with E-state index in [9.17, 15) is 9.90 Å². The van der Waals surface area contributed by atoms with Gasteiger partial charge >= 0.3 is 5.97 Å². The average molecular weight is 330 g/mol. The molecule has 24 heavy (non-hydrogen) atoms. The van der Waals surface area contributed by atoms with Crippen molar-refractivity contribution in [3.8, 4) is 0 Å². The monoisotopic (exact) mass is 330 g/mol. The number of carboxylic acid groups (broad SMARTS) is 1. The first kappa shape index (κ1) is 16.4. The Balaban J connectivity index is 1.97. The highest BCUT2D eigenvalue weighted by molar-refractivity contribution is 5.97. The lowest BCUT2D eigenvalue weighted by Crippen LogP contribution is -2.40. The maximum absolute atomic E-state index is 11.3. The Morgan fingerprint density at radius 2 is 2.29 bits per heavy atom. The number of nitrogens with two attached hydrogens (primary N) is 1. The molecule has 0 unspecified atom stereocenters. The number of hydrogen-bond donors (Lipinski definition) is 2. The number of fused-ring (bicyclic) bond motifs is 1. The summed E-state index contributed by atoms with van der Waals surface area (Å²) in [5, 5.41) is 9.95. The van der Waals surface area contributed by atoms with E-state index in [4.69, 9.17) is 10.5 Å². The van der Waals surface area contributed by atoms with Crippen LogP contribution < -0.4 is 10.6 Å². The molecule has 3 rings (SSSR count). The second-order valence-corrected chi connectivity index (χ2v) is 6.02. The third-order valence-electron chi connectivity index (χ3n) is 4.18. The van der Waals surface area contributed by atoms with Gasteiger partial charge < -0.3 is 20.5 Å². The summed E-state index contributed by atoms with van der Waals surface area (Å²) in [5.41, 5.74) is 6.72. The first-order valence-corrected chi connectivity index (χ1v) is 8.25. The quantitative estimate of drug-likeness (QED) is 0.867. The van der Waals surface area contributed by atoms with Gasteiger partial charge in [0.15, 0.2) is 0 Å². The lowest BCUT2D eigenvalue weighted by molar-refractivity contribution is 0.0439. The number of piperidine rings is 1. The van der Waals surface area contributed by atoms with E-state index in [1.54, 1.807) is 12.1 Å². The molecule has 1 fully saturated rings. The fourth-order valence-electron chi connectivity index (χ4n) is 3.05. The number of aromatic nitrogens is 2. The third-order valence-corrected chi connectivity index (χ3v) is 4.18. The minimum absolute atomic E-state index is 0.160. The van der Waals surface area contributed by atoms with Crippen molar-refractivity contribution in [1.29, 1.82) is 0 Å². The molecule has 0 saturated carbocycles. The molecule has 0 spiro atoms. The highest BCUT2D eigenvalue weighted by atomic mass is 16.5. The number of anilines is 2. The summed E-state index contributed by atoms with van der Waals surface area (Å²) in [4.78, 5) is 22.0. The summed E-state index contributed by atoms with van der Waals surface area (Å²) >= 11 is 0. The number of carbonyl (C=O) groups is 1. The van der Waals surface area contributed by atoms with Crippen LogP contribution >= 0.6 is 0 Å². The molecule has 2 heterocycles. The van der Waals surface area contributed by atoms with E-state index in [1.165, 1.54) is 6.07 Å². The number of aromatic carboxylic acids is 1. The Bertz CT molecular complexity index is 750. The minimum atomic E-state index is -0.970. The molecule has 1 saturated heterocycles. The maximum atomic E-state index is 11.3. The van der Waals surface area contributed by atoms with Crippen LogP contribution in [0.15, 0.2) is 18.2 Å². The summed E-state index contributed by atoms with van der Waals surface area (Å²) in [6, 6.07) is 4.82. The maximum Gasteiger partial charge on any atom is 0.335 e. The fourth-order valence-corrected chi connectivity index (χ4v) is 3.05. The highest BCUT2D eigenvalue weighted by Crippen LogP contribution is 2.28. The predicted octanol–water partition coefficient (Wildman–Crippen LogP) is 2.31. The molecule has 7 nitrogen and oxygen atoms in total. The van der Waals surface area contributed by atoms with E-state index in [-0.39, 0.29) is 17.6 Å². The Morgan fingerprint density at radius 3 is 3.04 bits per heavy atom. The van der Waals surface area contributed by atoms with E-state index in [0.29, 0.717) is 16.7 Å². The number of ether oxygens (including phenoxy) is 1. The van der Waals surface area contributed by atoms with Crippen molar-refractivity contribution in [2.24, 2.45) is 0 Å². The van der Waals surface area contributed by atoms with Crippen molar-refractivity contribution in [3.63, 3.8) is 0 Å².